The van der Waals surface area contributed by atoms with Crippen LogP contribution in [0.25, 0.3) is 0 Å². The number of nitrogens with one attached hydrogen (secondary N) is 1. The Morgan fingerprint density at radius 2 is 1.65 bits per heavy atom. The Bertz CT molecular complexity index is 807. The number of hydrogen-bond acceptors (Lipinski definition) is 3. The molecule has 2 aromatic rings. The van der Waals surface area contributed by atoms with E-state index in [1.165, 1.54) is 24.8 Å². The number of carbonyl (C=O) groups is 2. The van der Waals surface area contributed by atoms with E-state index >= 15 is 0 Å². The Morgan fingerprint density at radius 3 is 2.32 bits per heavy atom. The molecule has 2 amide bonds. The van der Waals surface area contributed by atoms with Gasteiger partial charge >= 0.3 is 0 Å². The van der Waals surface area contributed by atoms with Crippen LogP contribution in [-0.4, -0.2) is 41.1 Å². The average molecular weight is 439 g/mol. The van der Waals surface area contributed by atoms with E-state index in [1.54, 1.807) is 16.7 Å². The van der Waals surface area contributed by atoms with Crippen LogP contribution in [0.1, 0.15) is 51.0 Å². The van der Waals surface area contributed by atoms with Crippen LogP contribution < -0.4 is 5.32 Å². The highest BCUT2D eigenvalue weighted by molar-refractivity contribution is 7.99. The standard InChI is InChI=1S/C26H34N2O2S/c1-21(26(30)27-23-13-7-3-8-14-23)28(19-17-22-11-5-2-6-12-22)25(29)18-20-31-24-15-9-4-10-16-24/h2,4-6,9-12,15-16,21,23H,3,7-8,13-14,17-20H2,1H3,(H,27,30). The highest BCUT2D eigenvalue weighted by Gasteiger charge is 2.27. The molecule has 166 valence electrons. The van der Waals surface area contributed by atoms with Gasteiger partial charge in [-0.05, 0) is 43.9 Å². The molecule has 1 N–H and O–H groups in total. The van der Waals surface area contributed by atoms with E-state index in [1.807, 2.05) is 43.3 Å². The lowest BCUT2D eigenvalue weighted by Crippen LogP contribution is -2.51. The van der Waals surface area contributed by atoms with E-state index in [-0.39, 0.29) is 17.9 Å². The summed E-state index contributed by atoms with van der Waals surface area (Å²) in [4.78, 5) is 29.0. The van der Waals surface area contributed by atoms with E-state index in [4.69, 9.17) is 0 Å². The van der Waals surface area contributed by atoms with Crippen molar-refractivity contribution in [2.24, 2.45) is 0 Å². The van der Waals surface area contributed by atoms with Gasteiger partial charge in [0.15, 0.2) is 0 Å². The van der Waals surface area contributed by atoms with Gasteiger partial charge in [-0.15, -0.1) is 11.8 Å². The monoisotopic (exact) mass is 438 g/mol. The molecule has 0 aromatic heterocycles. The summed E-state index contributed by atoms with van der Waals surface area (Å²) in [7, 11) is 0. The lowest BCUT2D eigenvalue weighted by atomic mass is 9.95. The summed E-state index contributed by atoms with van der Waals surface area (Å²) in [5.41, 5.74) is 1.18. The summed E-state index contributed by atoms with van der Waals surface area (Å²) in [5, 5.41) is 3.20. The minimum absolute atomic E-state index is 0.0241. The molecule has 1 saturated carbocycles. The molecule has 4 nitrogen and oxygen atoms in total. The Morgan fingerprint density at radius 1 is 1.00 bits per heavy atom. The van der Waals surface area contributed by atoms with Crippen molar-refractivity contribution in [3.8, 4) is 0 Å². The fourth-order valence-electron chi connectivity index (χ4n) is 4.06. The van der Waals surface area contributed by atoms with Gasteiger partial charge in [0.1, 0.15) is 6.04 Å². The largest absolute Gasteiger partial charge is 0.352 e. The predicted molar refractivity (Wildman–Crippen MR) is 128 cm³/mol. The van der Waals surface area contributed by atoms with Crippen molar-refractivity contribution < 1.29 is 9.59 Å². The van der Waals surface area contributed by atoms with Crippen LogP contribution in [0.5, 0.6) is 0 Å². The van der Waals surface area contributed by atoms with Gasteiger partial charge in [-0.1, -0.05) is 67.8 Å². The van der Waals surface area contributed by atoms with E-state index < -0.39 is 6.04 Å². The van der Waals surface area contributed by atoms with E-state index in [0.717, 1.165) is 24.2 Å². The topological polar surface area (TPSA) is 49.4 Å². The van der Waals surface area contributed by atoms with Crippen LogP contribution in [0.2, 0.25) is 0 Å². The number of rotatable bonds is 10. The summed E-state index contributed by atoms with van der Waals surface area (Å²) in [6.45, 7) is 2.42. The predicted octanol–water partition coefficient (Wildman–Crippen LogP) is 5.08. The van der Waals surface area contributed by atoms with Crippen molar-refractivity contribution in [3.05, 3.63) is 66.2 Å². The minimum atomic E-state index is -0.458. The van der Waals surface area contributed by atoms with Crippen molar-refractivity contribution in [3.63, 3.8) is 0 Å². The third kappa shape index (κ3) is 7.73. The fraction of sp³-hybridized carbons (Fsp3) is 0.462. The summed E-state index contributed by atoms with van der Waals surface area (Å²) >= 11 is 1.68. The van der Waals surface area contributed by atoms with Crippen LogP contribution in [0.15, 0.2) is 65.6 Å². The minimum Gasteiger partial charge on any atom is -0.352 e. The Labute approximate surface area is 190 Å². The lowest BCUT2D eigenvalue weighted by Gasteiger charge is -2.31. The fourth-order valence-corrected chi connectivity index (χ4v) is 4.92. The first-order valence-electron chi connectivity index (χ1n) is 11.4. The van der Waals surface area contributed by atoms with Crippen LogP contribution in [0.4, 0.5) is 0 Å². The molecule has 1 aliphatic carbocycles. The Balaban J connectivity index is 1.59. The van der Waals surface area contributed by atoms with Crippen LogP contribution in [-0.2, 0) is 16.0 Å². The van der Waals surface area contributed by atoms with Crippen LogP contribution in [0.3, 0.4) is 0 Å². The molecular formula is C26H34N2O2S. The van der Waals surface area contributed by atoms with Gasteiger partial charge in [0.2, 0.25) is 11.8 Å². The number of amides is 2. The first kappa shape index (κ1) is 23.4. The van der Waals surface area contributed by atoms with Gasteiger partial charge < -0.3 is 10.2 Å². The maximum atomic E-state index is 13.1. The number of benzene rings is 2. The van der Waals surface area contributed by atoms with Crippen molar-refractivity contribution in [1.29, 1.82) is 0 Å². The molecule has 1 atom stereocenters. The number of hydrogen-bond donors (Lipinski definition) is 1. The molecule has 1 fully saturated rings. The summed E-state index contributed by atoms with van der Waals surface area (Å²) in [6.07, 6.45) is 6.87. The molecule has 0 radical (unpaired) electrons. The van der Waals surface area contributed by atoms with E-state index in [2.05, 4.69) is 29.6 Å². The molecule has 0 bridgehead atoms. The maximum absolute atomic E-state index is 13.1. The van der Waals surface area contributed by atoms with Crippen molar-refractivity contribution in [2.75, 3.05) is 12.3 Å². The zero-order chi connectivity index (χ0) is 21.9. The van der Waals surface area contributed by atoms with E-state index in [9.17, 15) is 9.59 Å². The molecule has 0 aliphatic heterocycles. The average Bonchev–Trinajstić information content (AvgIpc) is 2.81. The number of thioether (sulfide) groups is 1. The summed E-state index contributed by atoms with van der Waals surface area (Å²) in [6, 6.07) is 20.1. The van der Waals surface area contributed by atoms with Gasteiger partial charge in [-0.3, -0.25) is 9.59 Å². The van der Waals surface area contributed by atoms with Crippen molar-refractivity contribution in [1.82, 2.24) is 10.2 Å². The highest BCUT2D eigenvalue weighted by Crippen LogP contribution is 2.20. The van der Waals surface area contributed by atoms with Crippen molar-refractivity contribution >= 4 is 23.6 Å². The van der Waals surface area contributed by atoms with Crippen LogP contribution >= 0.6 is 11.8 Å². The van der Waals surface area contributed by atoms with Gasteiger partial charge in [-0.2, -0.15) is 0 Å². The molecule has 0 saturated heterocycles. The second-order valence-electron chi connectivity index (χ2n) is 8.25. The second-order valence-corrected chi connectivity index (χ2v) is 9.42. The lowest BCUT2D eigenvalue weighted by molar-refractivity contribution is -0.140. The quantitative estimate of drug-likeness (QED) is 0.527. The maximum Gasteiger partial charge on any atom is 0.242 e. The molecule has 2 aromatic carbocycles. The smallest absolute Gasteiger partial charge is 0.242 e. The van der Waals surface area contributed by atoms with Crippen molar-refractivity contribution in [2.45, 2.75) is 68.8 Å². The molecule has 5 heteroatoms. The normalized spacial score (nSPS) is 15.3. The third-order valence-electron chi connectivity index (χ3n) is 5.93. The van der Waals surface area contributed by atoms with E-state index in [0.29, 0.717) is 18.7 Å². The molecule has 31 heavy (non-hydrogen) atoms. The summed E-state index contributed by atoms with van der Waals surface area (Å²) in [5.74, 6) is 0.733. The molecule has 1 aliphatic rings. The molecule has 3 rings (SSSR count). The number of nitrogens with zero attached hydrogens (tertiary/aromatic N) is 1. The van der Waals surface area contributed by atoms with Gasteiger partial charge in [0.05, 0.1) is 0 Å². The molecule has 0 spiro atoms. The molecule has 1 unspecified atom stereocenters. The van der Waals surface area contributed by atoms with Gasteiger partial charge in [0, 0.05) is 29.7 Å². The Hall–Kier alpha value is -2.27. The third-order valence-corrected chi connectivity index (χ3v) is 6.94. The number of carbonyl (C=O) groups excluding carboxylic acids is 2. The van der Waals surface area contributed by atoms with Crippen LogP contribution in [0, 0.1) is 0 Å². The first-order valence-corrected chi connectivity index (χ1v) is 12.4. The van der Waals surface area contributed by atoms with Gasteiger partial charge in [-0.25, -0.2) is 0 Å². The first-order chi connectivity index (χ1) is 15.1. The summed E-state index contributed by atoms with van der Waals surface area (Å²) < 4.78 is 0. The second kappa shape index (κ2) is 12.6. The molecule has 0 heterocycles. The highest BCUT2D eigenvalue weighted by atomic mass is 32.2. The zero-order valence-electron chi connectivity index (χ0n) is 18.5. The Kier molecular flexibility index (Phi) is 9.47. The van der Waals surface area contributed by atoms with Gasteiger partial charge in [0.25, 0.3) is 0 Å². The molecular weight excluding hydrogens is 404 g/mol. The SMILES string of the molecule is CC(C(=O)NC1CCCCC1)N(CCc1ccccc1)C(=O)CCSc1ccccc1. The zero-order valence-corrected chi connectivity index (χ0v) is 19.3.